The number of aromatic nitrogens is 1. The zero-order valence-electron chi connectivity index (χ0n) is 8.50. The first-order chi connectivity index (χ1) is 8.08. The summed E-state index contributed by atoms with van der Waals surface area (Å²) in [6, 6.07) is 8.92. The Hall–Kier alpha value is -1.95. The smallest absolute Gasteiger partial charge is 0.363 e. The molecule has 0 aliphatic carbocycles. The molecule has 1 heterocycles. The van der Waals surface area contributed by atoms with Crippen molar-refractivity contribution < 1.29 is 19.8 Å². The molecule has 6 heteroatoms. The molecule has 0 aliphatic heterocycles. The maximum atomic E-state index is 11.6. The van der Waals surface area contributed by atoms with Crippen LogP contribution in [0.4, 0.5) is 0 Å². The normalized spacial score (nSPS) is 10.2. The fourth-order valence-corrected chi connectivity index (χ4v) is 1.48. The molecule has 1 aromatic carbocycles. The van der Waals surface area contributed by atoms with Crippen LogP contribution in [0.3, 0.4) is 0 Å². The van der Waals surface area contributed by atoms with Crippen LogP contribution in [0.5, 0.6) is 11.8 Å². The molecule has 0 saturated carbocycles. The van der Waals surface area contributed by atoms with E-state index in [1.165, 1.54) is 12.1 Å². The molecule has 0 unspecified atom stereocenters. The van der Waals surface area contributed by atoms with Crippen molar-refractivity contribution >= 4 is 21.9 Å². The van der Waals surface area contributed by atoms with Gasteiger partial charge in [0.1, 0.15) is 0 Å². The SMILES string of the molecule is O=C(On1c(O)ccc1O)c1ccc(Br)cc1. The van der Waals surface area contributed by atoms with Crippen LogP contribution in [-0.2, 0) is 0 Å². The molecule has 0 spiro atoms. The van der Waals surface area contributed by atoms with Crippen LogP contribution in [0, 0.1) is 0 Å². The second-order valence-corrected chi connectivity index (χ2v) is 4.15. The van der Waals surface area contributed by atoms with Gasteiger partial charge < -0.3 is 15.1 Å². The van der Waals surface area contributed by atoms with E-state index >= 15 is 0 Å². The Morgan fingerprint density at radius 1 is 1.06 bits per heavy atom. The molecule has 0 saturated heterocycles. The third-order valence-corrected chi connectivity index (χ3v) is 2.58. The highest BCUT2D eigenvalue weighted by Gasteiger charge is 2.13. The standard InChI is InChI=1S/C11H8BrNO4/c12-8-3-1-7(2-4-8)11(16)17-13-9(14)5-6-10(13)15/h1-6,14-15H. The Balaban J connectivity index is 2.20. The third kappa shape index (κ3) is 2.42. The number of nitrogens with zero attached hydrogens (tertiary/aromatic N) is 1. The number of carbonyl (C=O) groups excluding carboxylic acids is 1. The van der Waals surface area contributed by atoms with Crippen molar-refractivity contribution in [2.75, 3.05) is 0 Å². The molecule has 2 N–H and O–H groups in total. The summed E-state index contributed by atoms with van der Waals surface area (Å²) in [7, 11) is 0. The largest absolute Gasteiger partial charge is 0.492 e. The summed E-state index contributed by atoms with van der Waals surface area (Å²) in [4.78, 5) is 16.5. The number of aromatic hydroxyl groups is 2. The van der Waals surface area contributed by atoms with E-state index < -0.39 is 5.97 Å². The van der Waals surface area contributed by atoms with E-state index in [9.17, 15) is 15.0 Å². The summed E-state index contributed by atoms with van der Waals surface area (Å²) in [6.45, 7) is 0. The number of hydrogen-bond acceptors (Lipinski definition) is 4. The van der Waals surface area contributed by atoms with Crippen molar-refractivity contribution in [1.29, 1.82) is 0 Å². The lowest BCUT2D eigenvalue weighted by molar-refractivity contribution is 0.0381. The maximum absolute atomic E-state index is 11.6. The highest BCUT2D eigenvalue weighted by atomic mass is 79.9. The molecule has 2 rings (SSSR count). The van der Waals surface area contributed by atoms with Crippen molar-refractivity contribution in [3.05, 3.63) is 46.4 Å². The van der Waals surface area contributed by atoms with Gasteiger partial charge in [-0.25, -0.2) is 4.79 Å². The van der Waals surface area contributed by atoms with Gasteiger partial charge in [0.05, 0.1) is 5.56 Å². The second-order valence-electron chi connectivity index (χ2n) is 3.23. The van der Waals surface area contributed by atoms with Gasteiger partial charge >= 0.3 is 5.97 Å². The monoisotopic (exact) mass is 297 g/mol. The molecule has 0 aliphatic rings. The van der Waals surface area contributed by atoms with Crippen molar-refractivity contribution in [2.24, 2.45) is 0 Å². The topological polar surface area (TPSA) is 71.7 Å². The molecule has 0 bridgehead atoms. The summed E-state index contributed by atoms with van der Waals surface area (Å²) in [6.07, 6.45) is 0. The Labute approximate surface area is 105 Å². The summed E-state index contributed by atoms with van der Waals surface area (Å²) in [5.74, 6) is -1.39. The predicted octanol–water partition coefficient (Wildman–Crippen LogP) is 1.93. The van der Waals surface area contributed by atoms with Crippen molar-refractivity contribution in [3.63, 3.8) is 0 Å². The molecule has 1 aromatic heterocycles. The first-order valence-corrected chi connectivity index (χ1v) is 5.45. The Morgan fingerprint density at radius 3 is 2.12 bits per heavy atom. The van der Waals surface area contributed by atoms with E-state index in [-0.39, 0.29) is 11.8 Å². The minimum atomic E-state index is -0.681. The molecule has 0 atom stereocenters. The summed E-state index contributed by atoms with van der Waals surface area (Å²) >= 11 is 3.24. The minimum Gasteiger partial charge on any atom is -0.492 e. The van der Waals surface area contributed by atoms with Crippen LogP contribution >= 0.6 is 15.9 Å². The lowest BCUT2D eigenvalue weighted by Crippen LogP contribution is -2.18. The number of rotatable bonds is 2. The van der Waals surface area contributed by atoms with Crippen LogP contribution in [0.1, 0.15) is 10.4 Å². The van der Waals surface area contributed by atoms with E-state index in [0.717, 1.165) is 4.47 Å². The zero-order valence-corrected chi connectivity index (χ0v) is 10.1. The van der Waals surface area contributed by atoms with Crippen molar-refractivity contribution in [1.82, 2.24) is 4.73 Å². The summed E-state index contributed by atoms with van der Waals surface area (Å²) in [5.41, 5.74) is 0.306. The molecule has 5 nitrogen and oxygen atoms in total. The van der Waals surface area contributed by atoms with E-state index in [1.807, 2.05) is 0 Å². The fourth-order valence-electron chi connectivity index (χ4n) is 1.22. The average Bonchev–Trinajstić information content (AvgIpc) is 2.61. The Kier molecular flexibility index (Phi) is 3.06. The van der Waals surface area contributed by atoms with Crippen LogP contribution in [0.25, 0.3) is 0 Å². The van der Waals surface area contributed by atoms with Gasteiger partial charge in [0.2, 0.25) is 11.8 Å². The quantitative estimate of drug-likeness (QED) is 0.888. The first-order valence-electron chi connectivity index (χ1n) is 4.66. The first kappa shape index (κ1) is 11.5. The van der Waals surface area contributed by atoms with Crippen LogP contribution < -0.4 is 4.84 Å². The van der Waals surface area contributed by atoms with Crippen LogP contribution in [0.2, 0.25) is 0 Å². The van der Waals surface area contributed by atoms with Crippen LogP contribution in [-0.4, -0.2) is 20.9 Å². The molecule has 2 aromatic rings. The number of benzene rings is 1. The highest BCUT2D eigenvalue weighted by molar-refractivity contribution is 9.10. The lowest BCUT2D eigenvalue weighted by Gasteiger charge is -2.06. The molecule has 0 fully saturated rings. The average molecular weight is 298 g/mol. The molecular weight excluding hydrogens is 290 g/mol. The molecule has 0 amide bonds. The third-order valence-electron chi connectivity index (χ3n) is 2.05. The number of carbonyl (C=O) groups is 1. The number of halogens is 1. The fraction of sp³-hybridized carbons (Fsp3) is 0. The van der Waals surface area contributed by atoms with Gasteiger partial charge in [-0.15, -0.1) is 4.73 Å². The van der Waals surface area contributed by atoms with E-state index in [0.29, 0.717) is 10.3 Å². The molecule has 17 heavy (non-hydrogen) atoms. The van der Waals surface area contributed by atoms with E-state index in [4.69, 9.17) is 4.84 Å². The highest BCUT2D eigenvalue weighted by Crippen LogP contribution is 2.19. The summed E-state index contributed by atoms with van der Waals surface area (Å²) in [5, 5.41) is 18.6. The maximum Gasteiger partial charge on any atom is 0.363 e. The van der Waals surface area contributed by atoms with Crippen LogP contribution in [0.15, 0.2) is 40.9 Å². The van der Waals surface area contributed by atoms with E-state index in [1.54, 1.807) is 24.3 Å². The molecular formula is C11H8BrNO4. The molecule has 88 valence electrons. The minimum absolute atomic E-state index is 0.306. The van der Waals surface area contributed by atoms with Crippen molar-refractivity contribution in [2.45, 2.75) is 0 Å². The predicted molar refractivity (Wildman–Crippen MR) is 62.8 cm³/mol. The van der Waals surface area contributed by atoms with Gasteiger partial charge in [0.25, 0.3) is 0 Å². The van der Waals surface area contributed by atoms with Gasteiger partial charge in [-0.1, -0.05) is 15.9 Å². The van der Waals surface area contributed by atoms with Gasteiger partial charge in [-0.2, -0.15) is 0 Å². The van der Waals surface area contributed by atoms with E-state index in [2.05, 4.69) is 15.9 Å². The zero-order chi connectivity index (χ0) is 12.4. The van der Waals surface area contributed by atoms with Gasteiger partial charge in [-0.3, -0.25) is 0 Å². The van der Waals surface area contributed by atoms with Crippen molar-refractivity contribution in [3.8, 4) is 11.8 Å². The lowest BCUT2D eigenvalue weighted by atomic mass is 10.2. The van der Waals surface area contributed by atoms with Gasteiger partial charge in [0, 0.05) is 16.6 Å². The molecule has 0 radical (unpaired) electrons. The second kappa shape index (κ2) is 4.50. The van der Waals surface area contributed by atoms with Gasteiger partial charge in [-0.05, 0) is 24.3 Å². The number of hydrogen-bond donors (Lipinski definition) is 2. The van der Waals surface area contributed by atoms with Gasteiger partial charge in [0.15, 0.2) is 0 Å². The Morgan fingerprint density at radius 2 is 1.59 bits per heavy atom. The summed E-state index contributed by atoms with van der Waals surface area (Å²) < 4.78 is 1.48. The Bertz CT molecular complexity index is 528.